The van der Waals surface area contributed by atoms with Gasteiger partial charge in [0.2, 0.25) is 0 Å². The van der Waals surface area contributed by atoms with Gasteiger partial charge >= 0.3 is 0 Å². The summed E-state index contributed by atoms with van der Waals surface area (Å²) in [6.45, 7) is 4.07. The first-order chi connectivity index (χ1) is 5.93. The number of nitrogens with zero attached hydrogens (tertiary/aromatic N) is 1. The van der Waals surface area contributed by atoms with Crippen LogP contribution in [0.25, 0.3) is 0 Å². The highest BCUT2D eigenvalue weighted by Crippen LogP contribution is 2.09. The van der Waals surface area contributed by atoms with Gasteiger partial charge in [-0.2, -0.15) is 0 Å². The molecule has 1 rings (SSSR count). The summed E-state index contributed by atoms with van der Waals surface area (Å²) >= 11 is 3.46. The second-order valence-corrected chi connectivity index (χ2v) is 4.44. The summed E-state index contributed by atoms with van der Waals surface area (Å²) in [6.07, 6.45) is 8.44. The standard InChI is InChI=1S/C10H20BrN/c11-7-3-1-2-4-8-12-9-5-6-10-12/h1-10H2. The molecule has 0 aliphatic carbocycles. The molecule has 0 saturated carbocycles. The molecule has 2 heteroatoms. The van der Waals surface area contributed by atoms with Gasteiger partial charge in [0.1, 0.15) is 0 Å². The Morgan fingerprint density at radius 2 is 1.58 bits per heavy atom. The molecule has 1 aliphatic rings. The van der Waals surface area contributed by atoms with Crippen molar-refractivity contribution < 1.29 is 0 Å². The number of halogens is 1. The molecule has 0 aromatic carbocycles. The number of alkyl halides is 1. The van der Waals surface area contributed by atoms with Crippen molar-refractivity contribution >= 4 is 15.9 Å². The van der Waals surface area contributed by atoms with E-state index < -0.39 is 0 Å². The number of unbranched alkanes of at least 4 members (excludes halogenated alkanes) is 3. The minimum atomic E-state index is 1.18. The lowest BCUT2D eigenvalue weighted by Crippen LogP contribution is -2.20. The summed E-state index contributed by atoms with van der Waals surface area (Å²) in [7, 11) is 0. The average Bonchev–Trinajstić information content (AvgIpc) is 2.57. The number of likely N-dealkylation sites (tertiary alicyclic amines) is 1. The molecule has 0 spiro atoms. The van der Waals surface area contributed by atoms with E-state index in [1.54, 1.807) is 0 Å². The largest absolute Gasteiger partial charge is 0.303 e. The fourth-order valence-electron chi connectivity index (χ4n) is 1.79. The maximum atomic E-state index is 3.46. The molecule has 1 saturated heterocycles. The molecule has 0 aromatic heterocycles. The first-order valence-corrected chi connectivity index (χ1v) is 6.34. The van der Waals surface area contributed by atoms with Gasteiger partial charge < -0.3 is 4.90 Å². The van der Waals surface area contributed by atoms with Crippen molar-refractivity contribution in [1.82, 2.24) is 4.90 Å². The summed E-state index contributed by atoms with van der Waals surface area (Å²) in [5, 5.41) is 1.18. The van der Waals surface area contributed by atoms with Crippen molar-refractivity contribution in [3.8, 4) is 0 Å². The van der Waals surface area contributed by atoms with E-state index in [0.717, 1.165) is 0 Å². The topological polar surface area (TPSA) is 3.24 Å². The Morgan fingerprint density at radius 3 is 2.25 bits per heavy atom. The summed E-state index contributed by atoms with van der Waals surface area (Å²) in [5.74, 6) is 0. The van der Waals surface area contributed by atoms with Crippen LogP contribution in [0.5, 0.6) is 0 Å². The fraction of sp³-hybridized carbons (Fsp3) is 1.00. The third kappa shape index (κ3) is 4.46. The average molecular weight is 234 g/mol. The van der Waals surface area contributed by atoms with Crippen molar-refractivity contribution in [3.63, 3.8) is 0 Å². The number of rotatable bonds is 6. The summed E-state index contributed by atoms with van der Waals surface area (Å²) in [6, 6.07) is 0. The minimum absolute atomic E-state index is 1.18. The van der Waals surface area contributed by atoms with Gasteiger partial charge in [0, 0.05) is 5.33 Å². The van der Waals surface area contributed by atoms with Crippen molar-refractivity contribution in [2.75, 3.05) is 25.0 Å². The summed E-state index contributed by atoms with van der Waals surface area (Å²) in [4.78, 5) is 2.61. The van der Waals surface area contributed by atoms with Gasteiger partial charge in [-0.05, 0) is 45.3 Å². The maximum Gasteiger partial charge on any atom is 0.00313 e. The van der Waals surface area contributed by atoms with Crippen LogP contribution in [0.1, 0.15) is 38.5 Å². The van der Waals surface area contributed by atoms with Gasteiger partial charge in [-0.25, -0.2) is 0 Å². The molecule has 1 aliphatic heterocycles. The summed E-state index contributed by atoms with van der Waals surface area (Å²) in [5.41, 5.74) is 0. The first-order valence-electron chi connectivity index (χ1n) is 5.22. The zero-order chi connectivity index (χ0) is 8.65. The Labute approximate surface area is 84.6 Å². The van der Waals surface area contributed by atoms with Crippen molar-refractivity contribution in [2.24, 2.45) is 0 Å². The van der Waals surface area contributed by atoms with Crippen LogP contribution in [0.3, 0.4) is 0 Å². The Balaban J connectivity index is 1.81. The third-order valence-electron chi connectivity index (χ3n) is 2.56. The molecule has 0 amide bonds. The van der Waals surface area contributed by atoms with E-state index in [1.165, 1.54) is 63.5 Å². The Morgan fingerprint density at radius 1 is 0.917 bits per heavy atom. The first kappa shape index (κ1) is 10.5. The highest BCUT2D eigenvalue weighted by atomic mass is 79.9. The number of hydrogen-bond acceptors (Lipinski definition) is 1. The second-order valence-electron chi connectivity index (χ2n) is 3.65. The van der Waals surface area contributed by atoms with Gasteiger partial charge in [0.05, 0.1) is 0 Å². The Kier molecular flexibility index (Phi) is 6.05. The van der Waals surface area contributed by atoms with Crippen LogP contribution >= 0.6 is 15.9 Å². The zero-order valence-corrected chi connectivity index (χ0v) is 9.48. The lowest BCUT2D eigenvalue weighted by molar-refractivity contribution is 0.328. The fourth-order valence-corrected chi connectivity index (χ4v) is 2.19. The van der Waals surface area contributed by atoms with E-state index in [2.05, 4.69) is 20.8 Å². The van der Waals surface area contributed by atoms with Gasteiger partial charge in [0.25, 0.3) is 0 Å². The van der Waals surface area contributed by atoms with Gasteiger partial charge in [-0.1, -0.05) is 28.8 Å². The lowest BCUT2D eigenvalue weighted by atomic mass is 10.2. The molecular weight excluding hydrogens is 214 g/mol. The van der Waals surface area contributed by atoms with Crippen LogP contribution in [0.15, 0.2) is 0 Å². The van der Waals surface area contributed by atoms with Crippen LogP contribution in [0.2, 0.25) is 0 Å². The molecule has 72 valence electrons. The molecule has 12 heavy (non-hydrogen) atoms. The molecular formula is C10H20BrN. The van der Waals surface area contributed by atoms with Gasteiger partial charge in [-0.3, -0.25) is 0 Å². The lowest BCUT2D eigenvalue weighted by Gasteiger charge is -2.13. The van der Waals surface area contributed by atoms with Crippen LogP contribution in [0.4, 0.5) is 0 Å². The van der Waals surface area contributed by atoms with E-state index in [9.17, 15) is 0 Å². The van der Waals surface area contributed by atoms with Crippen molar-refractivity contribution in [3.05, 3.63) is 0 Å². The highest BCUT2D eigenvalue weighted by molar-refractivity contribution is 9.09. The third-order valence-corrected chi connectivity index (χ3v) is 3.12. The molecule has 1 heterocycles. The van der Waals surface area contributed by atoms with Crippen LogP contribution in [0, 0.1) is 0 Å². The van der Waals surface area contributed by atoms with Crippen molar-refractivity contribution in [2.45, 2.75) is 38.5 Å². The molecule has 1 fully saturated rings. The van der Waals surface area contributed by atoms with E-state index >= 15 is 0 Å². The second kappa shape index (κ2) is 6.90. The quantitative estimate of drug-likeness (QED) is 0.504. The predicted octanol–water partition coefficient (Wildman–Crippen LogP) is 3.04. The van der Waals surface area contributed by atoms with Crippen LogP contribution in [-0.4, -0.2) is 29.9 Å². The number of hydrogen-bond donors (Lipinski definition) is 0. The minimum Gasteiger partial charge on any atom is -0.303 e. The zero-order valence-electron chi connectivity index (χ0n) is 7.90. The molecule has 0 bridgehead atoms. The highest BCUT2D eigenvalue weighted by Gasteiger charge is 2.09. The smallest absolute Gasteiger partial charge is 0.00313 e. The molecule has 0 atom stereocenters. The molecule has 1 nitrogen and oxygen atoms in total. The van der Waals surface area contributed by atoms with Crippen molar-refractivity contribution in [1.29, 1.82) is 0 Å². The SMILES string of the molecule is BrCCCCCCN1CCCC1. The molecule has 0 unspecified atom stereocenters. The predicted molar refractivity (Wildman–Crippen MR) is 57.9 cm³/mol. The maximum absolute atomic E-state index is 3.46. The monoisotopic (exact) mass is 233 g/mol. The Hall–Kier alpha value is 0.440. The van der Waals surface area contributed by atoms with E-state index in [4.69, 9.17) is 0 Å². The molecule has 0 N–H and O–H groups in total. The summed E-state index contributed by atoms with van der Waals surface area (Å²) < 4.78 is 0. The van der Waals surface area contributed by atoms with Gasteiger partial charge in [0.15, 0.2) is 0 Å². The van der Waals surface area contributed by atoms with Crippen LogP contribution < -0.4 is 0 Å². The molecule has 0 aromatic rings. The van der Waals surface area contributed by atoms with E-state index in [-0.39, 0.29) is 0 Å². The normalized spacial score (nSPS) is 18.8. The van der Waals surface area contributed by atoms with Crippen LogP contribution in [-0.2, 0) is 0 Å². The van der Waals surface area contributed by atoms with Gasteiger partial charge in [-0.15, -0.1) is 0 Å². The Bertz CT molecular complexity index is 100. The van der Waals surface area contributed by atoms with E-state index in [0.29, 0.717) is 0 Å². The van der Waals surface area contributed by atoms with E-state index in [1.807, 2.05) is 0 Å². The molecule has 0 radical (unpaired) electrons.